The number of allylic oxidation sites excluding steroid dienone is 8. The summed E-state index contributed by atoms with van der Waals surface area (Å²) < 4.78 is 24.4. The number of esters is 1. The Morgan fingerprint density at radius 3 is 1.74 bits per heavy atom. The Bertz CT molecular complexity index is 1470. The average Bonchev–Trinajstić information content (AvgIpc) is 3.08. The smallest absolute Gasteiger partial charge is 0.330 e. The lowest BCUT2D eigenvalue weighted by Gasteiger charge is -2.28. The second-order valence-corrected chi connectivity index (χ2v) is 11.6. The van der Waals surface area contributed by atoms with Crippen LogP contribution in [0.3, 0.4) is 0 Å². The normalized spacial score (nSPS) is 14.8. The van der Waals surface area contributed by atoms with E-state index < -0.39 is 0 Å². The molecular weight excluding hydrogens is 584 g/mol. The molecule has 3 aromatic rings. The first kappa shape index (κ1) is 37.2. The van der Waals surface area contributed by atoms with E-state index in [4.69, 9.17) is 18.9 Å². The summed E-state index contributed by atoms with van der Waals surface area (Å²) in [6.07, 6.45) is 13.6. The fraction of sp³-hybridized carbons (Fsp3) is 0.310. The van der Waals surface area contributed by atoms with E-state index in [1.807, 2.05) is 86.7 Å². The van der Waals surface area contributed by atoms with Gasteiger partial charge in [-0.15, -0.1) is 0 Å². The van der Waals surface area contributed by atoms with Gasteiger partial charge in [-0.3, -0.25) is 0 Å². The molecule has 0 saturated carbocycles. The van der Waals surface area contributed by atoms with Crippen LogP contribution in [0, 0.1) is 0 Å². The van der Waals surface area contributed by atoms with Crippen molar-refractivity contribution in [2.45, 2.75) is 79.2 Å². The van der Waals surface area contributed by atoms with Gasteiger partial charge in [-0.25, -0.2) is 4.79 Å². The van der Waals surface area contributed by atoms with E-state index in [9.17, 15) is 4.79 Å². The first-order valence-corrected chi connectivity index (χ1v) is 16.4. The number of rotatable bonds is 19. The van der Waals surface area contributed by atoms with Crippen LogP contribution >= 0.6 is 0 Å². The molecule has 0 amide bonds. The zero-order chi connectivity index (χ0) is 33.7. The predicted molar refractivity (Wildman–Crippen MR) is 192 cm³/mol. The summed E-state index contributed by atoms with van der Waals surface area (Å²) in [6, 6.07) is 30.7. The largest absolute Gasteiger partial charge is 0.463 e. The van der Waals surface area contributed by atoms with Crippen LogP contribution in [0.5, 0.6) is 0 Å². The number of ether oxygens (including phenoxy) is 4. The van der Waals surface area contributed by atoms with E-state index in [1.165, 1.54) is 6.08 Å². The highest BCUT2D eigenvalue weighted by molar-refractivity contribution is 5.82. The molecule has 0 radical (unpaired) electrons. The summed E-state index contributed by atoms with van der Waals surface area (Å²) in [6.45, 7) is 11.8. The van der Waals surface area contributed by atoms with Gasteiger partial charge in [0.15, 0.2) is 0 Å². The van der Waals surface area contributed by atoms with Crippen molar-refractivity contribution in [1.82, 2.24) is 0 Å². The van der Waals surface area contributed by atoms with Gasteiger partial charge >= 0.3 is 5.97 Å². The third-order valence-electron chi connectivity index (χ3n) is 7.27. The van der Waals surface area contributed by atoms with Crippen molar-refractivity contribution in [1.29, 1.82) is 0 Å². The Balaban J connectivity index is 1.79. The van der Waals surface area contributed by atoms with Gasteiger partial charge in [-0.05, 0) is 51.3 Å². The van der Waals surface area contributed by atoms with Crippen molar-refractivity contribution in [3.8, 4) is 0 Å². The van der Waals surface area contributed by atoms with Crippen LogP contribution in [0.25, 0.3) is 0 Å². The molecule has 5 nitrogen and oxygen atoms in total. The zero-order valence-corrected chi connectivity index (χ0v) is 28.5. The second kappa shape index (κ2) is 21.5. The summed E-state index contributed by atoms with van der Waals surface area (Å²) in [7, 11) is 0. The predicted octanol–water partition coefficient (Wildman–Crippen LogP) is 9.67. The molecule has 3 aromatic carbocycles. The lowest BCUT2D eigenvalue weighted by Crippen LogP contribution is -2.34. The van der Waals surface area contributed by atoms with E-state index in [2.05, 4.69) is 62.4 Å². The third-order valence-corrected chi connectivity index (χ3v) is 7.27. The summed E-state index contributed by atoms with van der Waals surface area (Å²) in [5.74, 6) is -0.338. The quantitative estimate of drug-likeness (QED) is 0.0747. The molecule has 0 aliphatic carbocycles. The van der Waals surface area contributed by atoms with E-state index in [0.29, 0.717) is 32.8 Å². The molecule has 0 aliphatic rings. The second-order valence-electron chi connectivity index (χ2n) is 11.6. The molecule has 0 saturated heterocycles. The molecule has 3 rings (SSSR count). The summed E-state index contributed by atoms with van der Waals surface area (Å²) in [4.78, 5) is 11.6. The minimum Gasteiger partial charge on any atom is -0.463 e. The standard InChI is InChI=1S/C42H50O5/c1-6-44-42(43)26-25-35(4)27-33(2)17-16-18-34(3)28-40(46-31-38-21-12-8-13-22-38)41(47-32-39-23-14-9-15-24-39)29-36(5)45-30-37-19-10-7-11-20-37/h7-28,36,40-41H,6,29-32H2,1-5H3/b18-16+,26-25+,33-17+,34-28+,35-27+/t36-,40+,41+/m1/s1. The molecular formula is C42H50O5. The fourth-order valence-electron chi connectivity index (χ4n) is 4.82. The lowest BCUT2D eigenvalue weighted by atomic mass is 10.0. The van der Waals surface area contributed by atoms with Crippen LogP contribution in [-0.4, -0.2) is 30.9 Å². The van der Waals surface area contributed by atoms with Gasteiger partial charge in [0.1, 0.15) is 6.10 Å². The zero-order valence-electron chi connectivity index (χ0n) is 28.5. The van der Waals surface area contributed by atoms with E-state index >= 15 is 0 Å². The number of hydrogen-bond donors (Lipinski definition) is 0. The number of carbonyl (C=O) groups excluding carboxylic acids is 1. The monoisotopic (exact) mass is 634 g/mol. The van der Waals surface area contributed by atoms with Gasteiger partial charge in [-0.1, -0.05) is 144 Å². The first-order chi connectivity index (χ1) is 22.8. The highest BCUT2D eigenvalue weighted by Gasteiger charge is 2.25. The maximum Gasteiger partial charge on any atom is 0.330 e. The number of carbonyl (C=O) groups is 1. The van der Waals surface area contributed by atoms with Crippen molar-refractivity contribution in [3.05, 3.63) is 167 Å². The van der Waals surface area contributed by atoms with Crippen molar-refractivity contribution in [3.63, 3.8) is 0 Å². The molecule has 47 heavy (non-hydrogen) atoms. The van der Waals surface area contributed by atoms with Gasteiger partial charge in [0.05, 0.1) is 38.6 Å². The van der Waals surface area contributed by atoms with Gasteiger partial charge in [0.2, 0.25) is 0 Å². The molecule has 0 aromatic heterocycles. The Morgan fingerprint density at radius 1 is 0.660 bits per heavy atom. The Kier molecular flexibility index (Phi) is 17.0. The molecule has 0 heterocycles. The molecule has 0 unspecified atom stereocenters. The van der Waals surface area contributed by atoms with Crippen molar-refractivity contribution < 1.29 is 23.7 Å². The Hall–Kier alpha value is -4.29. The van der Waals surface area contributed by atoms with Crippen molar-refractivity contribution >= 4 is 5.97 Å². The summed E-state index contributed by atoms with van der Waals surface area (Å²) in [5, 5.41) is 0. The van der Waals surface area contributed by atoms with E-state index in [0.717, 1.165) is 33.4 Å². The minimum absolute atomic E-state index is 0.0541. The van der Waals surface area contributed by atoms with Crippen molar-refractivity contribution in [2.75, 3.05) is 6.61 Å². The first-order valence-electron chi connectivity index (χ1n) is 16.4. The number of hydrogen-bond acceptors (Lipinski definition) is 5. The fourth-order valence-corrected chi connectivity index (χ4v) is 4.82. The average molecular weight is 635 g/mol. The summed E-state index contributed by atoms with van der Waals surface area (Å²) >= 11 is 0. The highest BCUT2D eigenvalue weighted by atomic mass is 16.5. The number of benzene rings is 3. The topological polar surface area (TPSA) is 54.0 Å². The molecule has 5 heteroatoms. The molecule has 0 spiro atoms. The SMILES string of the molecule is CCOC(=O)/C=C/C(C)=C/C(C)=C/C=C/C(C)=C/[C@H](OCc1ccccc1)[C@H](C[C@@H](C)OCc1ccccc1)OCc1ccccc1. The Labute approximate surface area is 281 Å². The maximum atomic E-state index is 11.6. The van der Waals surface area contributed by atoms with Crippen LogP contribution in [-0.2, 0) is 43.6 Å². The molecule has 0 aliphatic heterocycles. The van der Waals surface area contributed by atoms with Gasteiger partial charge < -0.3 is 18.9 Å². The molecule has 0 bridgehead atoms. The van der Waals surface area contributed by atoms with Crippen LogP contribution in [0.2, 0.25) is 0 Å². The third kappa shape index (κ3) is 15.7. The maximum absolute atomic E-state index is 11.6. The van der Waals surface area contributed by atoms with Gasteiger partial charge in [0, 0.05) is 12.5 Å². The van der Waals surface area contributed by atoms with Crippen LogP contribution in [0.4, 0.5) is 0 Å². The summed E-state index contributed by atoms with van der Waals surface area (Å²) in [5.41, 5.74) is 6.43. The van der Waals surface area contributed by atoms with E-state index in [1.54, 1.807) is 13.0 Å². The molecule has 248 valence electrons. The van der Waals surface area contributed by atoms with Crippen LogP contribution in [0.1, 0.15) is 57.7 Å². The lowest BCUT2D eigenvalue weighted by molar-refractivity contribution is -0.137. The molecule has 0 fully saturated rings. The molecule has 0 N–H and O–H groups in total. The van der Waals surface area contributed by atoms with Gasteiger partial charge in [0.25, 0.3) is 0 Å². The van der Waals surface area contributed by atoms with Crippen molar-refractivity contribution in [2.24, 2.45) is 0 Å². The van der Waals surface area contributed by atoms with E-state index in [-0.39, 0.29) is 24.3 Å². The van der Waals surface area contributed by atoms with Crippen LogP contribution < -0.4 is 0 Å². The Morgan fingerprint density at radius 2 is 1.19 bits per heavy atom. The minimum atomic E-state index is -0.338. The molecule has 3 atom stereocenters. The van der Waals surface area contributed by atoms with Gasteiger partial charge in [-0.2, -0.15) is 0 Å². The van der Waals surface area contributed by atoms with Crippen LogP contribution in [0.15, 0.2) is 150 Å². The highest BCUT2D eigenvalue weighted by Crippen LogP contribution is 2.21.